The molecule has 1 atom stereocenters. The quantitative estimate of drug-likeness (QED) is 0.174. The lowest BCUT2D eigenvalue weighted by Gasteiger charge is -2.29. The van der Waals surface area contributed by atoms with Crippen LogP contribution >= 0.6 is 0 Å². The van der Waals surface area contributed by atoms with Gasteiger partial charge in [-0.05, 0) is 42.7 Å². The first-order valence-electron chi connectivity index (χ1n) is 10.4. The number of rotatable bonds is 11. The van der Waals surface area contributed by atoms with Gasteiger partial charge in [-0.15, -0.1) is 0 Å². The lowest BCUT2D eigenvalue weighted by molar-refractivity contribution is -0.384. The van der Waals surface area contributed by atoms with E-state index in [4.69, 9.17) is 4.74 Å². The Morgan fingerprint density at radius 1 is 1.03 bits per heavy atom. The number of ether oxygens (including phenoxy) is 1. The number of hydrogen-bond acceptors (Lipinski definition) is 5. The van der Waals surface area contributed by atoms with Crippen molar-refractivity contribution in [1.82, 2.24) is 4.31 Å². The maximum absolute atomic E-state index is 13.5. The molecular formula is C25H26N2O5S. The average molecular weight is 467 g/mol. The molecule has 0 amide bonds. The van der Waals surface area contributed by atoms with Crippen molar-refractivity contribution in [3.05, 3.63) is 118 Å². The average Bonchev–Trinajstić information content (AvgIpc) is 2.81. The van der Waals surface area contributed by atoms with Crippen LogP contribution in [0.4, 0.5) is 5.69 Å². The van der Waals surface area contributed by atoms with Crippen LogP contribution in [-0.2, 0) is 27.8 Å². The summed E-state index contributed by atoms with van der Waals surface area (Å²) in [6, 6.07) is 22.1. The zero-order valence-corrected chi connectivity index (χ0v) is 19.1. The smallest absolute Gasteiger partial charge is 0.269 e. The molecule has 0 N–H and O–H groups in total. The van der Waals surface area contributed by atoms with Gasteiger partial charge in [0, 0.05) is 18.7 Å². The maximum Gasteiger partial charge on any atom is 0.269 e. The van der Waals surface area contributed by atoms with Crippen LogP contribution in [0.25, 0.3) is 0 Å². The van der Waals surface area contributed by atoms with Crippen LogP contribution in [0.15, 0.2) is 96.4 Å². The molecule has 8 heteroatoms. The molecule has 0 aliphatic heterocycles. The van der Waals surface area contributed by atoms with Gasteiger partial charge in [-0.3, -0.25) is 10.1 Å². The fraction of sp³-hybridized carbons (Fsp3) is 0.200. The van der Waals surface area contributed by atoms with Crippen LogP contribution in [0.3, 0.4) is 0 Å². The van der Waals surface area contributed by atoms with Crippen LogP contribution in [0.1, 0.15) is 16.7 Å². The highest BCUT2D eigenvalue weighted by Crippen LogP contribution is 2.23. The molecule has 33 heavy (non-hydrogen) atoms. The van der Waals surface area contributed by atoms with Crippen molar-refractivity contribution in [2.24, 2.45) is 0 Å². The first-order chi connectivity index (χ1) is 15.8. The standard InChI is InChI=1S/C25H26N2O5S/c1-3-25(32-19-22-9-5-4-6-10-22)26(17-16-21-11-7-8-20(2)18-21)33(30,31)24-14-12-23(13-15-24)27(28)29/h3-15,18,25H,1,16-17,19H2,2H3. The van der Waals surface area contributed by atoms with Crippen LogP contribution in [-0.4, -0.2) is 30.4 Å². The van der Waals surface area contributed by atoms with Crippen molar-refractivity contribution < 1.29 is 18.1 Å². The highest BCUT2D eigenvalue weighted by molar-refractivity contribution is 7.89. The molecule has 0 fully saturated rings. The second-order valence-electron chi connectivity index (χ2n) is 7.53. The molecule has 0 radical (unpaired) electrons. The van der Waals surface area contributed by atoms with Gasteiger partial charge in [-0.1, -0.05) is 66.7 Å². The fourth-order valence-electron chi connectivity index (χ4n) is 3.39. The third-order valence-corrected chi connectivity index (χ3v) is 6.98. The minimum absolute atomic E-state index is 0.0486. The predicted molar refractivity (Wildman–Crippen MR) is 127 cm³/mol. The zero-order valence-electron chi connectivity index (χ0n) is 18.3. The summed E-state index contributed by atoms with van der Waals surface area (Å²) in [6.45, 7) is 6.11. The summed E-state index contributed by atoms with van der Waals surface area (Å²) >= 11 is 0. The minimum Gasteiger partial charge on any atom is -0.354 e. The molecule has 0 aromatic heterocycles. The number of sulfonamides is 1. The molecule has 0 bridgehead atoms. The number of non-ortho nitro benzene ring substituents is 1. The fourth-order valence-corrected chi connectivity index (χ4v) is 4.89. The molecule has 3 rings (SSSR count). The first kappa shape index (κ1) is 24.3. The van der Waals surface area contributed by atoms with E-state index in [0.29, 0.717) is 6.42 Å². The molecular weight excluding hydrogens is 440 g/mol. The van der Waals surface area contributed by atoms with Gasteiger partial charge in [0.25, 0.3) is 5.69 Å². The van der Waals surface area contributed by atoms with Gasteiger partial charge < -0.3 is 4.74 Å². The molecule has 3 aromatic rings. The summed E-state index contributed by atoms with van der Waals surface area (Å²) in [5.41, 5.74) is 2.79. The summed E-state index contributed by atoms with van der Waals surface area (Å²) in [6.07, 6.45) is 0.991. The summed E-state index contributed by atoms with van der Waals surface area (Å²) in [4.78, 5) is 10.4. The van der Waals surface area contributed by atoms with Gasteiger partial charge in [-0.25, -0.2) is 8.42 Å². The summed E-state index contributed by atoms with van der Waals surface area (Å²) in [5.74, 6) is 0. The van der Waals surface area contributed by atoms with Crippen LogP contribution < -0.4 is 0 Å². The lowest BCUT2D eigenvalue weighted by atomic mass is 10.1. The van der Waals surface area contributed by atoms with E-state index in [0.717, 1.165) is 16.7 Å². The Kier molecular flexibility index (Phi) is 8.11. The van der Waals surface area contributed by atoms with Gasteiger partial charge >= 0.3 is 0 Å². The molecule has 0 heterocycles. The second kappa shape index (κ2) is 11.0. The Morgan fingerprint density at radius 2 is 1.70 bits per heavy atom. The number of benzene rings is 3. The van der Waals surface area contributed by atoms with Crippen molar-refractivity contribution in [2.75, 3.05) is 6.54 Å². The molecule has 0 aliphatic rings. The van der Waals surface area contributed by atoms with E-state index in [1.807, 2.05) is 61.5 Å². The lowest BCUT2D eigenvalue weighted by Crippen LogP contribution is -2.42. The Morgan fingerprint density at radius 3 is 2.30 bits per heavy atom. The summed E-state index contributed by atoms with van der Waals surface area (Å²) < 4.78 is 34.3. The summed E-state index contributed by atoms with van der Waals surface area (Å²) in [5, 5.41) is 11.0. The van der Waals surface area contributed by atoms with E-state index in [1.54, 1.807) is 0 Å². The topological polar surface area (TPSA) is 89.8 Å². The molecule has 0 spiro atoms. The molecule has 0 saturated heterocycles. The highest BCUT2D eigenvalue weighted by atomic mass is 32.2. The molecule has 3 aromatic carbocycles. The van der Waals surface area contributed by atoms with E-state index in [1.165, 1.54) is 34.6 Å². The van der Waals surface area contributed by atoms with Gasteiger partial charge in [0.15, 0.2) is 0 Å². The number of aryl methyl sites for hydroxylation is 1. The summed E-state index contributed by atoms with van der Waals surface area (Å²) in [7, 11) is -4.03. The molecule has 7 nitrogen and oxygen atoms in total. The highest BCUT2D eigenvalue weighted by Gasteiger charge is 2.31. The van der Waals surface area contributed by atoms with Crippen LogP contribution in [0.5, 0.6) is 0 Å². The largest absolute Gasteiger partial charge is 0.354 e. The van der Waals surface area contributed by atoms with Crippen molar-refractivity contribution in [3.8, 4) is 0 Å². The number of nitro groups is 1. The normalized spacial score (nSPS) is 12.4. The SMILES string of the molecule is C=CC(OCc1ccccc1)N(CCc1cccc(C)c1)S(=O)(=O)c1ccc([N+](=O)[O-])cc1. The number of nitro benzene ring substituents is 1. The van der Waals surface area contributed by atoms with Crippen molar-refractivity contribution in [3.63, 3.8) is 0 Å². The maximum atomic E-state index is 13.5. The number of nitrogens with zero attached hydrogens (tertiary/aromatic N) is 2. The molecule has 172 valence electrons. The Hall–Kier alpha value is -3.33. The Bertz CT molecular complexity index is 1190. The third kappa shape index (κ3) is 6.35. The van der Waals surface area contributed by atoms with Gasteiger partial charge in [0.1, 0.15) is 6.23 Å². The van der Waals surface area contributed by atoms with Gasteiger partial charge in [-0.2, -0.15) is 4.31 Å². The Balaban J connectivity index is 1.89. The van der Waals surface area contributed by atoms with E-state index >= 15 is 0 Å². The van der Waals surface area contributed by atoms with Crippen LogP contribution in [0, 0.1) is 17.0 Å². The minimum atomic E-state index is -4.03. The van der Waals surface area contributed by atoms with Crippen molar-refractivity contribution in [2.45, 2.75) is 31.1 Å². The molecule has 0 saturated carbocycles. The van der Waals surface area contributed by atoms with E-state index in [9.17, 15) is 18.5 Å². The first-order valence-corrected chi connectivity index (χ1v) is 11.8. The van der Waals surface area contributed by atoms with Crippen molar-refractivity contribution >= 4 is 15.7 Å². The van der Waals surface area contributed by atoms with Gasteiger partial charge in [0.2, 0.25) is 10.0 Å². The van der Waals surface area contributed by atoms with Crippen molar-refractivity contribution in [1.29, 1.82) is 0 Å². The third-order valence-electron chi connectivity index (χ3n) is 5.11. The van der Waals surface area contributed by atoms with E-state index in [-0.39, 0.29) is 23.7 Å². The monoisotopic (exact) mass is 466 g/mol. The Labute approximate surface area is 194 Å². The molecule has 0 aliphatic carbocycles. The van der Waals surface area contributed by atoms with E-state index in [2.05, 4.69) is 6.58 Å². The van der Waals surface area contributed by atoms with E-state index < -0.39 is 21.2 Å². The van der Waals surface area contributed by atoms with Gasteiger partial charge in [0.05, 0.1) is 16.4 Å². The second-order valence-corrected chi connectivity index (χ2v) is 9.42. The number of hydrogen-bond donors (Lipinski definition) is 0. The van der Waals surface area contributed by atoms with Crippen LogP contribution in [0.2, 0.25) is 0 Å². The zero-order chi connectivity index (χ0) is 23.8. The molecule has 1 unspecified atom stereocenters. The predicted octanol–water partition coefficient (Wildman–Crippen LogP) is 4.87.